The Morgan fingerprint density at radius 1 is 1.21 bits per heavy atom. The number of rotatable bonds is 0. The van der Waals surface area contributed by atoms with E-state index in [-0.39, 0.29) is 5.54 Å². The fourth-order valence-electron chi connectivity index (χ4n) is 2.41. The van der Waals surface area contributed by atoms with E-state index in [4.69, 9.17) is 4.74 Å². The summed E-state index contributed by atoms with van der Waals surface area (Å²) in [4.78, 5) is 4.98. The monoisotopic (exact) mass is 198 g/mol. The number of morpholine rings is 1. The van der Waals surface area contributed by atoms with Gasteiger partial charge in [-0.25, -0.2) is 0 Å². The van der Waals surface area contributed by atoms with Crippen molar-refractivity contribution in [3.8, 4) is 0 Å². The number of hydrogen-bond donors (Lipinski definition) is 0. The molecular formula is C11H22N2O. The molecule has 0 aliphatic carbocycles. The lowest BCUT2D eigenvalue weighted by atomic mass is 10.1. The van der Waals surface area contributed by atoms with Crippen LogP contribution in [-0.2, 0) is 4.74 Å². The van der Waals surface area contributed by atoms with Crippen LogP contribution in [0.15, 0.2) is 0 Å². The van der Waals surface area contributed by atoms with Crippen LogP contribution in [0.5, 0.6) is 0 Å². The molecule has 2 atom stereocenters. The molecule has 0 N–H and O–H groups in total. The van der Waals surface area contributed by atoms with Crippen molar-refractivity contribution in [3.05, 3.63) is 0 Å². The van der Waals surface area contributed by atoms with Crippen molar-refractivity contribution >= 4 is 0 Å². The predicted octanol–water partition coefficient (Wildman–Crippen LogP) is 0.800. The first kappa shape index (κ1) is 10.4. The standard InChI is InChI=1S/C11H22N2O/c1-11(2,3)13-7-9-10(8-13)14-6-5-12(9)4/h9-10H,5-8H2,1-4H3/t9-,10-/m1/s1. The molecule has 0 bridgehead atoms. The third-order valence-corrected chi connectivity index (χ3v) is 3.53. The van der Waals surface area contributed by atoms with E-state index in [0.717, 1.165) is 26.2 Å². The molecule has 0 spiro atoms. The lowest BCUT2D eigenvalue weighted by molar-refractivity contribution is -0.0375. The molecule has 0 aromatic carbocycles. The molecule has 2 aliphatic rings. The molecule has 2 fully saturated rings. The molecule has 2 aliphatic heterocycles. The zero-order valence-electron chi connectivity index (χ0n) is 9.79. The average molecular weight is 198 g/mol. The highest BCUT2D eigenvalue weighted by atomic mass is 16.5. The Morgan fingerprint density at radius 2 is 1.93 bits per heavy atom. The number of likely N-dealkylation sites (tertiary alicyclic amines) is 1. The molecule has 0 saturated carbocycles. The Balaban J connectivity index is 2.04. The van der Waals surface area contributed by atoms with Gasteiger partial charge in [0.1, 0.15) is 0 Å². The Labute approximate surface area is 87.0 Å². The third kappa shape index (κ3) is 1.81. The molecule has 3 heteroatoms. The van der Waals surface area contributed by atoms with Crippen molar-refractivity contribution < 1.29 is 4.74 Å². The third-order valence-electron chi connectivity index (χ3n) is 3.53. The van der Waals surface area contributed by atoms with Crippen molar-refractivity contribution in [2.45, 2.75) is 38.5 Å². The van der Waals surface area contributed by atoms with Gasteiger partial charge in [0.15, 0.2) is 0 Å². The van der Waals surface area contributed by atoms with Crippen molar-refractivity contribution in [1.82, 2.24) is 9.80 Å². The molecule has 2 saturated heterocycles. The Hall–Kier alpha value is -0.120. The summed E-state index contributed by atoms with van der Waals surface area (Å²) in [6.07, 6.45) is 0.438. The van der Waals surface area contributed by atoms with Crippen LogP contribution in [0, 0.1) is 0 Å². The predicted molar refractivity (Wildman–Crippen MR) is 57.5 cm³/mol. The molecule has 14 heavy (non-hydrogen) atoms. The first-order valence-electron chi connectivity index (χ1n) is 5.55. The maximum Gasteiger partial charge on any atom is 0.0870 e. The highest BCUT2D eigenvalue weighted by molar-refractivity contribution is 4.97. The summed E-state index contributed by atoms with van der Waals surface area (Å²) < 4.78 is 5.81. The van der Waals surface area contributed by atoms with Crippen LogP contribution in [0.2, 0.25) is 0 Å². The van der Waals surface area contributed by atoms with Gasteiger partial charge in [-0.3, -0.25) is 9.80 Å². The van der Waals surface area contributed by atoms with E-state index in [1.54, 1.807) is 0 Å². The highest BCUT2D eigenvalue weighted by Crippen LogP contribution is 2.27. The first-order chi connectivity index (χ1) is 6.48. The lowest BCUT2D eigenvalue weighted by Crippen LogP contribution is -2.48. The molecular weight excluding hydrogens is 176 g/mol. The molecule has 0 amide bonds. The second-order valence-corrected chi connectivity index (χ2v) is 5.53. The maximum atomic E-state index is 5.81. The average Bonchev–Trinajstić information content (AvgIpc) is 2.48. The second kappa shape index (κ2) is 3.47. The lowest BCUT2D eigenvalue weighted by Gasteiger charge is -2.34. The molecule has 2 heterocycles. The van der Waals surface area contributed by atoms with Gasteiger partial charge in [0.25, 0.3) is 0 Å². The number of nitrogens with zero attached hydrogens (tertiary/aromatic N) is 2. The zero-order valence-corrected chi connectivity index (χ0v) is 9.79. The van der Waals surface area contributed by atoms with Crippen molar-refractivity contribution in [3.63, 3.8) is 0 Å². The van der Waals surface area contributed by atoms with Gasteiger partial charge in [-0.1, -0.05) is 0 Å². The largest absolute Gasteiger partial charge is 0.374 e. The SMILES string of the molecule is CN1CCO[C@@H]2CN(C(C)(C)C)C[C@H]21. The van der Waals surface area contributed by atoms with Gasteiger partial charge in [0.05, 0.1) is 12.7 Å². The van der Waals surface area contributed by atoms with Gasteiger partial charge in [0, 0.05) is 31.2 Å². The summed E-state index contributed by atoms with van der Waals surface area (Å²) in [7, 11) is 2.21. The quantitative estimate of drug-likeness (QED) is 0.572. The van der Waals surface area contributed by atoms with Gasteiger partial charge in [-0.2, -0.15) is 0 Å². The van der Waals surface area contributed by atoms with Crippen LogP contribution < -0.4 is 0 Å². The summed E-state index contributed by atoms with van der Waals surface area (Å²) >= 11 is 0. The van der Waals surface area contributed by atoms with Gasteiger partial charge in [0.2, 0.25) is 0 Å². The normalized spacial score (nSPS) is 36.0. The summed E-state index contributed by atoms with van der Waals surface area (Å²) in [6.45, 7) is 11.1. The maximum absolute atomic E-state index is 5.81. The Bertz CT molecular complexity index is 212. The molecule has 0 aromatic heterocycles. The smallest absolute Gasteiger partial charge is 0.0870 e. The van der Waals surface area contributed by atoms with E-state index in [2.05, 4.69) is 37.6 Å². The van der Waals surface area contributed by atoms with Crippen LogP contribution in [0.4, 0.5) is 0 Å². The van der Waals surface area contributed by atoms with E-state index < -0.39 is 0 Å². The number of likely N-dealkylation sites (N-methyl/N-ethyl adjacent to an activating group) is 1. The summed E-state index contributed by atoms with van der Waals surface area (Å²) in [5.41, 5.74) is 0.279. The minimum absolute atomic E-state index is 0.279. The summed E-state index contributed by atoms with van der Waals surface area (Å²) in [6, 6.07) is 0.614. The number of hydrogen-bond acceptors (Lipinski definition) is 3. The second-order valence-electron chi connectivity index (χ2n) is 5.53. The van der Waals surface area contributed by atoms with E-state index in [1.807, 2.05) is 0 Å². The first-order valence-corrected chi connectivity index (χ1v) is 5.55. The molecule has 0 aromatic rings. The van der Waals surface area contributed by atoms with Crippen LogP contribution in [0.3, 0.4) is 0 Å². The fraction of sp³-hybridized carbons (Fsp3) is 1.00. The highest BCUT2D eigenvalue weighted by Gasteiger charge is 2.41. The molecule has 0 radical (unpaired) electrons. The molecule has 2 rings (SSSR count). The summed E-state index contributed by atoms with van der Waals surface area (Å²) in [5.74, 6) is 0. The van der Waals surface area contributed by atoms with Crippen LogP contribution in [-0.4, -0.2) is 60.8 Å². The van der Waals surface area contributed by atoms with E-state index >= 15 is 0 Å². The van der Waals surface area contributed by atoms with Crippen molar-refractivity contribution in [2.24, 2.45) is 0 Å². The Kier molecular flexibility index (Phi) is 2.58. The number of fused-ring (bicyclic) bond motifs is 1. The van der Waals surface area contributed by atoms with Crippen LogP contribution in [0.1, 0.15) is 20.8 Å². The molecule has 0 unspecified atom stereocenters. The van der Waals surface area contributed by atoms with E-state index in [9.17, 15) is 0 Å². The van der Waals surface area contributed by atoms with Crippen LogP contribution in [0.25, 0.3) is 0 Å². The van der Waals surface area contributed by atoms with E-state index in [1.165, 1.54) is 0 Å². The molecule has 82 valence electrons. The fourth-order valence-corrected chi connectivity index (χ4v) is 2.41. The summed E-state index contributed by atoms with van der Waals surface area (Å²) in [5, 5.41) is 0. The van der Waals surface area contributed by atoms with Crippen molar-refractivity contribution in [1.29, 1.82) is 0 Å². The van der Waals surface area contributed by atoms with Gasteiger partial charge < -0.3 is 4.74 Å². The topological polar surface area (TPSA) is 15.7 Å². The van der Waals surface area contributed by atoms with Gasteiger partial charge in [-0.15, -0.1) is 0 Å². The minimum Gasteiger partial charge on any atom is -0.374 e. The van der Waals surface area contributed by atoms with E-state index in [0.29, 0.717) is 12.1 Å². The zero-order chi connectivity index (χ0) is 10.3. The van der Waals surface area contributed by atoms with Gasteiger partial charge in [-0.05, 0) is 27.8 Å². The van der Waals surface area contributed by atoms with Gasteiger partial charge >= 0.3 is 0 Å². The minimum atomic E-state index is 0.279. The number of ether oxygens (including phenoxy) is 1. The Morgan fingerprint density at radius 3 is 2.50 bits per heavy atom. The van der Waals surface area contributed by atoms with Crippen molar-refractivity contribution in [2.75, 3.05) is 33.3 Å². The molecule has 3 nitrogen and oxygen atoms in total. The van der Waals surface area contributed by atoms with Crippen LogP contribution >= 0.6 is 0 Å².